The summed E-state index contributed by atoms with van der Waals surface area (Å²) in [5, 5.41) is 0. The normalized spacial score (nSPS) is 12.6. The number of carbonyl (C=O) groups is 2. The summed E-state index contributed by atoms with van der Waals surface area (Å²) in [6, 6.07) is 0. The number of carbonyl (C=O) groups excluding carboxylic acids is 2. The van der Waals surface area contributed by atoms with E-state index in [9.17, 15) is 9.59 Å². The molecule has 0 N–H and O–H groups in total. The largest absolute Gasteiger partial charge is 0.462 e. The van der Waals surface area contributed by atoms with Crippen LogP contribution < -0.4 is 0 Å². The Balaban J connectivity index is 4.08. The van der Waals surface area contributed by atoms with Crippen molar-refractivity contribution in [3.63, 3.8) is 0 Å². The fraction of sp³-hybridized carbons (Fsp3) is 0.796. The number of rotatable bonds is 42. The van der Waals surface area contributed by atoms with E-state index < -0.39 is 6.10 Å². The zero-order valence-corrected chi connectivity index (χ0v) is 36.0. The van der Waals surface area contributed by atoms with Crippen molar-refractivity contribution in [3.05, 3.63) is 48.6 Å². The van der Waals surface area contributed by atoms with Crippen LogP contribution in [0.4, 0.5) is 0 Å². The molecule has 0 aromatic heterocycles. The number of allylic oxidation sites excluding steroid dienone is 8. The topological polar surface area (TPSA) is 61.8 Å². The van der Waals surface area contributed by atoms with Crippen molar-refractivity contribution in [1.29, 1.82) is 0 Å². The molecule has 0 spiro atoms. The molecule has 0 radical (unpaired) electrons. The van der Waals surface area contributed by atoms with Gasteiger partial charge < -0.3 is 14.2 Å². The molecule has 1 unspecified atom stereocenters. The predicted molar refractivity (Wildman–Crippen MR) is 233 cm³/mol. The van der Waals surface area contributed by atoms with Gasteiger partial charge in [0.15, 0.2) is 6.10 Å². The van der Waals surface area contributed by atoms with Gasteiger partial charge in [0, 0.05) is 19.4 Å². The van der Waals surface area contributed by atoms with Crippen LogP contribution in [-0.2, 0) is 23.8 Å². The molecule has 5 nitrogen and oxygen atoms in total. The first-order valence-corrected chi connectivity index (χ1v) is 23.2. The highest BCUT2D eigenvalue weighted by atomic mass is 16.6. The second-order valence-corrected chi connectivity index (χ2v) is 15.3. The Hall–Kier alpha value is -2.14. The molecular formula is C49H88O5. The average molecular weight is 757 g/mol. The standard InChI is InChI=1S/C49H88O5/c1-4-7-10-13-15-17-19-21-23-25-26-28-30-32-34-37-39-42-48(50)53-46-47(54-49(51)43-40-36-12-9-6-3)45-52-44-41-38-35-33-31-29-27-24-22-20-18-16-14-11-8-5-2/h8,11,16,18,22,24,29,31,47H,4-7,9-10,12-15,17,19-21,23,25-28,30,32-46H2,1-3H3/b11-8-,18-16-,24-22-,31-29-. The van der Waals surface area contributed by atoms with Crippen LogP contribution in [0.2, 0.25) is 0 Å². The summed E-state index contributed by atoms with van der Waals surface area (Å²) < 4.78 is 17.2. The maximum atomic E-state index is 12.5. The Kier molecular flexibility index (Phi) is 43.5. The van der Waals surface area contributed by atoms with Crippen LogP contribution in [0.5, 0.6) is 0 Å². The van der Waals surface area contributed by atoms with E-state index >= 15 is 0 Å². The molecule has 5 heteroatoms. The molecule has 54 heavy (non-hydrogen) atoms. The third-order valence-corrected chi connectivity index (χ3v) is 9.88. The third-order valence-electron chi connectivity index (χ3n) is 9.88. The Morgan fingerprint density at radius 2 is 0.833 bits per heavy atom. The minimum absolute atomic E-state index is 0.0746. The van der Waals surface area contributed by atoms with Gasteiger partial charge in [0.1, 0.15) is 6.61 Å². The van der Waals surface area contributed by atoms with Crippen LogP contribution in [0.1, 0.15) is 226 Å². The average Bonchev–Trinajstić information content (AvgIpc) is 3.17. The van der Waals surface area contributed by atoms with Gasteiger partial charge in [0.05, 0.1) is 6.61 Å². The van der Waals surface area contributed by atoms with Gasteiger partial charge in [-0.25, -0.2) is 0 Å². The number of hydrogen-bond donors (Lipinski definition) is 0. The molecule has 0 saturated carbocycles. The molecule has 0 saturated heterocycles. The highest BCUT2D eigenvalue weighted by molar-refractivity contribution is 5.70. The lowest BCUT2D eigenvalue weighted by Crippen LogP contribution is -2.30. The first-order chi connectivity index (χ1) is 26.6. The van der Waals surface area contributed by atoms with Gasteiger partial charge in [-0.15, -0.1) is 0 Å². The maximum absolute atomic E-state index is 12.5. The van der Waals surface area contributed by atoms with Crippen molar-refractivity contribution in [2.75, 3.05) is 19.8 Å². The van der Waals surface area contributed by atoms with E-state index in [1.807, 2.05) is 0 Å². The zero-order valence-electron chi connectivity index (χ0n) is 36.0. The van der Waals surface area contributed by atoms with Crippen LogP contribution in [0, 0.1) is 0 Å². The molecule has 0 aliphatic heterocycles. The van der Waals surface area contributed by atoms with Gasteiger partial charge in [-0.05, 0) is 57.8 Å². The van der Waals surface area contributed by atoms with Crippen LogP contribution in [0.3, 0.4) is 0 Å². The Morgan fingerprint density at radius 3 is 1.31 bits per heavy atom. The second kappa shape index (κ2) is 45.3. The summed E-state index contributed by atoms with van der Waals surface area (Å²) >= 11 is 0. The van der Waals surface area contributed by atoms with E-state index in [1.165, 1.54) is 109 Å². The van der Waals surface area contributed by atoms with Crippen molar-refractivity contribution >= 4 is 11.9 Å². The van der Waals surface area contributed by atoms with Crippen LogP contribution in [0.15, 0.2) is 48.6 Å². The number of unbranched alkanes of at least 4 members (excludes halogenated alkanes) is 23. The van der Waals surface area contributed by atoms with Crippen LogP contribution in [0.25, 0.3) is 0 Å². The molecule has 0 bridgehead atoms. The minimum atomic E-state index is -0.544. The maximum Gasteiger partial charge on any atom is 0.306 e. The first-order valence-electron chi connectivity index (χ1n) is 23.2. The van der Waals surface area contributed by atoms with Crippen molar-refractivity contribution in [2.45, 2.75) is 232 Å². The molecule has 0 aliphatic carbocycles. The van der Waals surface area contributed by atoms with Crippen LogP contribution >= 0.6 is 0 Å². The van der Waals surface area contributed by atoms with E-state index in [2.05, 4.69) is 69.4 Å². The van der Waals surface area contributed by atoms with E-state index in [0.29, 0.717) is 19.4 Å². The van der Waals surface area contributed by atoms with Crippen molar-refractivity contribution in [3.8, 4) is 0 Å². The number of ether oxygens (including phenoxy) is 3. The molecule has 0 amide bonds. The molecule has 0 fully saturated rings. The third kappa shape index (κ3) is 42.6. The first kappa shape index (κ1) is 51.9. The highest BCUT2D eigenvalue weighted by Crippen LogP contribution is 2.15. The minimum Gasteiger partial charge on any atom is -0.462 e. The van der Waals surface area contributed by atoms with E-state index in [1.54, 1.807) is 0 Å². The Morgan fingerprint density at radius 1 is 0.426 bits per heavy atom. The smallest absolute Gasteiger partial charge is 0.306 e. The van der Waals surface area contributed by atoms with Gasteiger partial charge in [0.2, 0.25) is 0 Å². The van der Waals surface area contributed by atoms with Crippen LogP contribution in [-0.4, -0.2) is 37.9 Å². The predicted octanol–water partition coefficient (Wildman–Crippen LogP) is 15.2. The summed E-state index contributed by atoms with van der Waals surface area (Å²) in [7, 11) is 0. The summed E-state index contributed by atoms with van der Waals surface area (Å²) in [6.45, 7) is 7.59. The van der Waals surface area contributed by atoms with Gasteiger partial charge in [-0.1, -0.05) is 204 Å². The number of hydrogen-bond acceptors (Lipinski definition) is 5. The van der Waals surface area contributed by atoms with Crippen molar-refractivity contribution in [2.24, 2.45) is 0 Å². The zero-order chi connectivity index (χ0) is 39.3. The molecule has 0 rings (SSSR count). The molecule has 0 aliphatic rings. The van der Waals surface area contributed by atoms with Crippen molar-refractivity contribution < 1.29 is 23.8 Å². The Bertz CT molecular complexity index is 904. The summed E-state index contributed by atoms with van der Waals surface area (Å²) in [5.41, 5.74) is 0. The molecule has 0 heterocycles. The second-order valence-electron chi connectivity index (χ2n) is 15.3. The molecule has 1 atom stereocenters. The molecule has 314 valence electrons. The lowest BCUT2D eigenvalue weighted by molar-refractivity contribution is -0.163. The number of esters is 2. The highest BCUT2D eigenvalue weighted by Gasteiger charge is 2.17. The molecule has 0 aromatic carbocycles. The Labute approximate surface area is 335 Å². The lowest BCUT2D eigenvalue weighted by Gasteiger charge is -2.18. The summed E-state index contributed by atoms with van der Waals surface area (Å²) in [4.78, 5) is 25.0. The lowest BCUT2D eigenvalue weighted by atomic mass is 10.0. The monoisotopic (exact) mass is 757 g/mol. The van der Waals surface area contributed by atoms with E-state index in [0.717, 1.165) is 83.5 Å². The fourth-order valence-corrected chi connectivity index (χ4v) is 6.44. The summed E-state index contributed by atoms with van der Waals surface area (Å²) in [6.07, 6.45) is 54.3. The van der Waals surface area contributed by atoms with E-state index in [-0.39, 0.29) is 25.2 Å². The SMILES string of the molecule is CC/C=C\C/C=C\C/C=C\C/C=C\CCCCCOCC(COC(=O)CCCCCCCCCCCCCCCCCCC)OC(=O)CCCCCCC. The van der Waals surface area contributed by atoms with Gasteiger partial charge >= 0.3 is 11.9 Å². The summed E-state index contributed by atoms with van der Waals surface area (Å²) in [5.74, 6) is -0.422. The fourth-order valence-electron chi connectivity index (χ4n) is 6.44. The van der Waals surface area contributed by atoms with Gasteiger partial charge in [-0.2, -0.15) is 0 Å². The molecule has 0 aromatic rings. The van der Waals surface area contributed by atoms with Gasteiger partial charge in [-0.3, -0.25) is 9.59 Å². The van der Waals surface area contributed by atoms with Gasteiger partial charge in [0.25, 0.3) is 0 Å². The van der Waals surface area contributed by atoms with E-state index in [4.69, 9.17) is 14.2 Å². The quantitative estimate of drug-likeness (QED) is 0.0353. The van der Waals surface area contributed by atoms with Crippen molar-refractivity contribution in [1.82, 2.24) is 0 Å². The molecular weight excluding hydrogens is 669 g/mol.